The van der Waals surface area contributed by atoms with E-state index in [1.54, 1.807) is 11.3 Å². The van der Waals surface area contributed by atoms with E-state index in [-0.39, 0.29) is 11.3 Å². The lowest BCUT2D eigenvalue weighted by atomic mass is 9.69. The highest BCUT2D eigenvalue weighted by atomic mass is 32.1. The van der Waals surface area contributed by atoms with E-state index in [0.717, 1.165) is 17.1 Å². The summed E-state index contributed by atoms with van der Waals surface area (Å²) in [5.74, 6) is 0.239. The van der Waals surface area contributed by atoms with Crippen LogP contribution in [0.1, 0.15) is 39.5 Å². The first-order valence-electron chi connectivity index (χ1n) is 9.40. The number of nitrogens with zero attached hydrogens (tertiary/aromatic N) is 2. The highest BCUT2D eigenvalue weighted by Gasteiger charge is 2.41. The van der Waals surface area contributed by atoms with Gasteiger partial charge >= 0.3 is 0 Å². The maximum Gasteiger partial charge on any atom is 0.222 e. The Morgan fingerprint density at radius 2 is 1.59 bits per heavy atom. The van der Waals surface area contributed by atoms with Gasteiger partial charge in [0, 0.05) is 23.3 Å². The molecule has 4 rings (SSSR count). The molecule has 0 bridgehead atoms. The minimum Gasteiger partial charge on any atom is -0.336 e. The summed E-state index contributed by atoms with van der Waals surface area (Å²) in [6.07, 6.45) is 1.41. The van der Waals surface area contributed by atoms with E-state index in [9.17, 15) is 4.79 Å². The number of thiazole rings is 1. The molecule has 4 heteroatoms. The fourth-order valence-electron chi connectivity index (χ4n) is 4.16. The molecule has 0 saturated carbocycles. The van der Waals surface area contributed by atoms with Gasteiger partial charge in [-0.15, -0.1) is 11.3 Å². The smallest absolute Gasteiger partial charge is 0.222 e. The summed E-state index contributed by atoms with van der Waals surface area (Å²) in [7, 11) is 0. The molecular weight excluding hydrogens is 352 g/mol. The van der Waals surface area contributed by atoms with Gasteiger partial charge in [0.05, 0.1) is 17.2 Å². The van der Waals surface area contributed by atoms with Gasteiger partial charge in [-0.05, 0) is 31.4 Å². The molecule has 1 fully saturated rings. The third-order valence-corrected chi connectivity index (χ3v) is 6.62. The molecule has 1 aromatic heterocycles. The molecule has 27 heavy (non-hydrogen) atoms. The molecular formula is C23H24N2OS. The Bertz CT molecular complexity index is 894. The SMILES string of the molecule is Cc1nc(C)c(CN2CC(c3ccccc3)(c3ccccc3)CCC2=O)s1. The number of rotatable bonds is 4. The number of piperidine rings is 1. The van der Waals surface area contributed by atoms with Crippen molar-refractivity contribution in [2.24, 2.45) is 0 Å². The zero-order valence-electron chi connectivity index (χ0n) is 15.8. The van der Waals surface area contributed by atoms with Gasteiger partial charge in [-0.25, -0.2) is 4.98 Å². The number of aromatic nitrogens is 1. The summed E-state index contributed by atoms with van der Waals surface area (Å²) in [4.78, 5) is 20.5. The number of amides is 1. The van der Waals surface area contributed by atoms with Gasteiger partial charge in [0.2, 0.25) is 5.91 Å². The van der Waals surface area contributed by atoms with Gasteiger partial charge in [-0.2, -0.15) is 0 Å². The van der Waals surface area contributed by atoms with Gasteiger partial charge < -0.3 is 4.90 Å². The second kappa shape index (κ2) is 7.28. The van der Waals surface area contributed by atoms with E-state index in [1.807, 2.05) is 18.7 Å². The Labute approximate surface area is 164 Å². The first-order valence-corrected chi connectivity index (χ1v) is 10.2. The Morgan fingerprint density at radius 3 is 2.11 bits per heavy atom. The standard InChI is InChI=1S/C23H24N2OS/c1-17-21(27-18(2)24-17)15-25-16-23(14-13-22(25)26,19-9-5-3-6-10-19)20-11-7-4-8-12-20/h3-12H,13-16H2,1-2H3. The summed E-state index contributed by atoms with van der Waals surface area (Å²) >= 11 is 1.70. The zero-order valence-corrected chi connectivity index (χ0v) is 16.6. The molecule has 1 aliphatic rings. The van der Waals surface area contributed by atoms with E-state index >= 15 is 0 Å². The number of hydrogen-bond acceptors (Lipinski definition) is 3. The topological polar surface area (TPSA) is 33.2 Å². The van der Waals surface area contributed by atoms with Crippen molar-refractivity contribution in [3.63, 3.8) is 0 Å². The molecule has 0 N–H and O–H groups in total. The van der Waals surface area contributed by atoms with E-state index in [2.05, 4.69) is 65.6 Å². The molecule has 3 nitrogen and oxygen atoms in total. The molecule has 2 aromatic carbocycles. The van der Waals surface area contributed by atoms with Crippen LogP contribution in [0.5, 0.6) is 0 Å². The molecule has 1 amide bonds. The Hall–Kier alpha value is -2.46. The summed E-state index contributed by atoms with van der Waals surface area (Å²) < 4.78 is 0. The molecule has 0 spiro atoms. The maximum absolute atomic E-state index is 12.8. The van der Waals surface area contributed by atoms with Crippen LogP contribution in [0.15, 0.2) is 60.7 Å². The molecule has 3 aromatic rings. The molecule has 2 heterocycles. The minimum absolute atomic E-state index is 0.163. The molecule has 0 unspecified atom stereocenters. The van der Waals surface area contributed by atoms with E-state index < -0.39 is 0 Å². The number of aryl methyl sites for hydroxylation is 2. The van der Waals surface area contributed by atoms with Crippen LogP contribution in [0.3, 0.4) is 0 Å². The van der Waals surface area contributed by atoms with Crippen molar-refractivity contribution in [1.82, 2.24) is 9.88 Å². The van der Waals surface area contributed by atoms with Crippen molar-refractivity contribution in [3.8, 4) is 0 Å². The van der Waals surface area contributed by atoms with Gasteiger partial charge in [0.15, 0.2) is 0 Å². The van der Waals surface area contributed by atoms with Crippen LogP contribution in [-0.4, -0.2) is 22.3 Å². The Balaban J connectivity index is 1.74. The average molecular weight is 377 g/mol. The molecule has 138 valence electrons. The van der Waals surface area contributed by atoms with Crippen LogP contribution in [-0.2, 0) is 16.8 Å². The maximum atomic E-state index is 12.8. The zero-order chi connectivity index (χ0) is 18.9. The second-order valence-corrected chi connectivity index (χ2v) is 8.59. The van der Waals surface area contributed by atoms with E-state index in [1.165, 1.54) is 16.0 Å². The predicted molar refractivity (Wildman–Crippen MR) is 110 cm³/mol. The molecule has 0 radical (unpaired) electrons. The van der Waals surface area contributed by atoms with Gasteiger partial charge in [-0.3, -0.25) is 4.79 Å². The van der Waals surface area contributed by atoms with Crippen LogP contribution in [0, 0.1) is 13.8 Å². The number of carbonyl (C=O) groups excluding carboxylic acids is 1. The summed E-state index contributed by atoms with van der Waals surface area (Å²) in [5, 5.41) is 1.06. The van der Waals surface area contributed by atoms with Crippen molar-refractivity contribution in [1.29, 1.82) is 0 Å². The molecule has 1 saturated heterocycles. The van der Waals surface area contributed by atoms with Crippen LogP contribution < -0.4 is 0 Å². The minimum atomic E-state index is -0.163. The highest BCUT2D eigenvalue weighted by molar-refractivity contribution is 7.11. The van der Waals surface area contributed by atoms with Crippen molar-refractivity contribution in [3.05, 3.63) is 87.4 Å². The second-order valence-electron chi connectivity index (χ2n) is 7.31. The van der Waals surface area contributed by atoms with E-state index in [0.29, 0.717) is 19.5 Å². The van der Waals surface area contributed by atoms with Crippen LogP contribution in [0.2, 0.25) is 0 Å². The quantitative estimate of drug-likeness (QED) is 0.651. The lowest BCUT2D eigenvalue weighted by Crippen LogP contribution is -2.49. The van der Waals surface area contributed by atoms with Gasteiger partial charge in [-0.1, -0.05) is 60.7 Å². The fourth-order valence-corrected chi connectivity index (χ4v) is 5.11. The monoisotopic (exact) mass is 376 g/mol. The molecule has 0 atom stereocenters. The Morgan fingerprint density at radius 1 is 1.00 bits per heavy atom. The third kappa shape index (κ3) is 3.42. The normalized spacial score (nSPS) is 16.5. The lowest BCUT2D eigenvalue weighted by molar-refractivity contribution is -0.135. The number of benzene rings is 2. The largest absolute Gasteiger partial charge is 0.336 e. The van der Waals surface area contributed by atoms with Gasteiger partial charge in [0.1, 0.15) is 0 Å². The fraction of sp³-hybridized carbons (Fsp3) is 0.304. The van der Waals surface area contributed by atoms with E-state index in [4.69, 9.17) is 0 Å². The first-order chi connectivity index (χ1) is 13.1. The molecule has 0 aliphatic carbocycles. The van der Waals surface area contributed by atoms with Crippen LogP contribution >= 0.6 is 11.3 Å². The summed E-state index contributed by atoms with van der Waals surface area (Å²) in [5.41, 5.74) is 3.45. The van der Waals surface area contributed by atoms with Crippen molar-refractivity contribution in [2.75, 3.05) is 6.54 Å². The molecule has 1 aliphatic heterocycles. The predicted octanol–water partition coefficient (Wildman–Crippen LogP) is 4.87. The third-order valence-electron chi connectivity index (χ3n) is 5.57. The van der Waals surface area contributed by atoms with Crippen molar-refractivity contribution < 1.29 is 4.79 Å². The summed E-state index contributed by atoms with van der Waals surface area (Å²) in [6.45, 7) is 5.42. The average Bonchev–Trinajstić information content (AvgIpc) is 3.02. The van der Waals surface area contributed by atoms with Crippen LogP contribution in [0.25, 0.3) is 0 Å². The lowest BCUT2D eigenvalue weighted by Gasteiger charge is -2.43. The van der Waals surface area contributed by atoms with Crippen molar-refractivity contribution in [2.45, 2.75) is 38.6 Å². The number of likely N-dealkylation sites (tertiary alicyclic amines) is 1. The van der Waals surface area contributed by atoms with Crippen molar-refractivity contribution >= 4 is 17.2 Å². The summed E-state index contributed by atoms with van der Waals surface area (Å²) in [6, 6.07) is 21.3. The Kier molecular flexibility index (Phi) is 4.83. The number of carbonyl (C=O) groups is 1. The first kappa shape index (κ1) is 17.9. The van der Waals surface area contributed by atoms with Crippen LogP contribution in [0.4, 0.5) is 0 Å². The number of hydrogen-bond donors (Lipinski definition) is 0. The highest BCUT2D eigenvalue weighted by Crippen LogP contribution is 2.41. The van der Waals surface area contributed by atoms with Gasteiger partial charge in [0.25, 0.3) is 0 Å².